The fourth-order valence-corrected chi connectivity index (χ4v) is 3.89. The number of rotatable bonds is 9. The second kappa shape index (κ2) is 11.1. The molecule has 0 saturated heterocycles. The maximum Gasteiger partial charge on any atom is 0.253 e. The lowest BCUT2D eigenvalue weighted by molar-refractivity contribution is -0.121. The molecule has 0 aliphatic carbocycles. The van der Waals surface area contributed by atoms with Crippen LogP contribution in [-0.2, 0) is 11.3 Å². The van der Waals surface area contributed by atoms with Gasteiger partial charge in [-0.3, -0.25) is 14.2 Å². The van der Waals surface area contributed by atoms with Crippen LogP contribution >= 0.6 is 0 Å². The molecule has 0 aliphatic rings. The third-order valence-electron chi connectivity index (χ3n) is 5.73. The molecule has 0 radical (unpaired) electrons. The lowest BCUT2D eigenvalue weighted by Crippen LogP contribution is -2.31. The summed E-state index contributed by atoms with van der Waals surface area (Å²) >= 11 is 0. The van der Waals surface area contributed by atoms with E-state index in [9.17, 15) is 9.59 Å². The molecule has 1 heterocycles. The van der Waals surface area contributed by atoms with E-state index in [1.165, 1.54) is 17.0 Å². The zero-order valence-electron chi connectivity index (χ0n) is 19.1. The number of amides is 1. The highest BCUT2D eigenvalue weighted by Crippen LogP contribution is 2.27. The molecule has 0 spiro atoms. The summed E-state index contributed by atoms with van der Waals surface area (Å²) in [6, 6.07) is 28.9. The monoisotopic (exact) mass is 453 g/mol. The number of hydrogen-bond donors (Lipinski definition) is 1. The van der Waals surface area contributed by atoms with Crippen LogP contribution in [0.1, 0.15) is 23.5 Å². The molecule has 0 aliphatic heterocycles. The van der Waals surface area contributed by atoms with Crippen LogP contribution in [0.2, 0.25) is 0 Å². The van der Waals surface area contributed by atoms with E-state index < -0.39 is 0 Å². The molecule has 0 unspecified atom stereocenters. The van der Waals surface area contributed by atoms with Gasteiger partial charge in [-0.2, -0.15) is 0 Å². The second-order valence-electron chi connectivity index (χ2n) is 7.96. The highest BCUT2D eigenvalue weighted by atomic mass is 16.5. The summed E-state index contributed by atoms with van der Waals surface area (Å²) in [5.41, 5.74) is 3.46. The summed E-state index contributed by atoms with van der Waals surface area (Å²) in [6.45, 7) is 0.695. The third-order valence-corrected chi connectivity index (χ3v) is 5.73. The molecule has 4 rings (SSSR count). The van der Waals surface area contributed by atoms with Crippen molar-refractivity contribution in [2.75, 3.05) is 13.7 Å². The average Bonchev–Trinajstić information content (AvgIpc) is 2.89. The van der Waals surface area contributed by atoms with Gasteiger partial charge in [-0.1, -0.05) is 60.7 Å². The molecule has 0 fully saturated rings. The van der Waals surface area contributed by atoms with Crippen molar-refractivity contribution in [2.24, 2.45) is 0 Å². The molecule has 1 aromatic heterocycles. The van der Waals surface area contributed by atoms with Crippen molar-refractivity contribution < 1.29 is 9.53 Å². The first-order valence-corrected chi connectivity index (χ1v) is 11.2. The first kappa shape index (κ1) is 23.0. The predicted molar refractivity (Wildman–Crippen MR) is 133 cm³/mol. The van der Waals surface area contributed by atoms with E-state index in [2.05, 4.69) is 10.3 Å². The predicted octanol–water partition coefficient (Wildman–Crippen LogP) is 4.26. The first-order chi connectivity index (χ1) is 16.6. The van der Waals surface area contributed by atoms with Crippen LogP contribution in [0.15, 0.2) is 102 Å². The Morgan fingerprint density at radius 1 is 0.941 bits per heavy atom. The molecule has 0 atom stereocenters. The summed E-state index contributed by atoms with van der Waals surface area (Å²) in [4.78, 5) is 29.7. The molecule has 1 N–H and O–H groups in total. The van der Waals surface area contributed by atoms with Crippen LogP contribution in [0, 0.1) is 0 Å². The smallest absolute Gasteiger partial charge is 0.253 e. The van der Waals surface area contributed by atoms with Crippen LogP contribution in [-0.4, -0.2) is 29.1 Å². The number of methoxy groups -OCH3 is 1. The molecule has 6 nitrogen and oxygen atoms in total. The largest absolute Gasteiger partial charge is 0.497 e. The van der Waals surface area contributed by atoms with Crippen molar-refractivity contribution in [3.63, 3.8) is 0 Å². The highest BCUT2D eigenvalue weighted by Gasteiger charge is 2.17. The van der Waals surface area contributed by atoms with Crippen LogP contribution in [0.4, 0.5) is 0 Å². The molecule has 34 heavy (non-hydrogen) atoms. The van der Waals surface area contributed by atoms with E-state index in [4.69, 9.17) is 4.74 Å². The Kier molecular flexibility index (Phi) is 7.50. The number of carbonyl (C=O) groups is 1. The number of carbonyl (C=O) groups excluding carboxylic acids is 1. The van der Waals surface area contributed by atoms with Crippen LogP contribution in [0.3, 0.4) is 0 Å². The molecule has 4 aromatic rings. The fourth-order valence-electron chi connectivity index (χ4n) is 3.89. The van der Waals surface area contributed by atoms with Crippen LogP contribution in [0.25, 0.3) is 11.3 Å². The van der Waals surface area contributed by atoms with Crippen LogP contribution < -0.4 is 15.6 Å². The van der Waals surface area contributed by atoms with Crippen molar-refractivity contribution in [2.45, 2.75) is 18.9 Å². The summed E-state index contributed by atoms with van der Waals surface area (Å²) in [7, 11) is 1.61. The minimum atomic E-state index is -0.165. The topological polar surface area (TPSA) is 73.2 Å². The van der Waals surface area contributed by atoms with E-state index in [0.717, 1.165) is 22.4 Å². The Morgan fingerprint density at radius 3 is 2.12 bits per heavy atom. The van der Waals surface area contributed by atoms with Gasteiger partial charge >= 0.3 is 0 Å². The Bertz CT molecular complexity index is 1230. The first-order valence-electron chi connectivity index (χ1n) is 11.2. The van der Waals surface area contributed by atoms with Gasteiger partial charge in [0.2, 0.25) is 5.91 Å². The molecular formula is C28H27N3O3. The van der Waals surface area contributed by atoms with Gasteiger partial charge in [0.25, 0.3) is 5.56 Å². The van der Waals surface area contributed by atoms with E-state index >= 15 is 0 Å². The molecule has 3 aromatic carbocycles. The number of nitrogens with zero attached hydrogens (tertiary/aromatic N) is 2. The summed E-state index contributed by atoms with van der Waals surface area (Å²) in [6.07, 6.45) is 1.85. The Hall–Kier alpha value is -4.19. The standard InChI is InChI=1S/C28H27N3O3/c1-34-24-14-12-23(13-15-24)26-19-28(33)31(20-30-26)17-16-29-27(32)18-25(21-8-4-2-5-9-21)22-10-6-3-7-11-22/h2-15,19-20,25H,16-18H2,1H3,(H,29,32). The lowest BCUT2D eigenvalue weighted by Gasteiger charge is -2.18. The Labute approximate surface area is 198 Å². The lowest BCUT2D eigenvalue weighted by atomic mass is 9.88. The highest BCUT2D eigenvalue weighted by molar-refractivity contribution is 5.77. The molecular weight excluding hydrogens is 426 g/mol. The van der Waals surface area contributed by atoms with Gasteiger partial charge < -0.3 is 10.1 Å². The minimum absolute atomic E-state index is 0.0319. The SMILES string of the molecule is COc1ccc(-c2cc(=O)n(CCNC(=O)CC(c3ccccc3)c3ccccc3)cn2)cc1. The number of hydrogen-bond acceptors (Lipinski definition) is 4. The number of nitrogens with one attached hydrogen (secondary N) is 1. The molecule has 1 amide bonds. The molecule has 172 valence electrons. The van der Waals surface area contributed by atoms with Gasteiger partial charge in [-0.05, 0) is 35.4 Å². The van der Waals surface area contributed by atoms with Gasteiger partial charge in [-0.25, -0.2) is 4.98 Å². The van der Waals surface area contributed by atoms with Crippen molar-refractivity contribution in [1.82, 2.24) is 14.9 Å². The number of ether oxygens (including phenoxy) is 1. The average molecular weight is 454 g/mol. The quantitative estimate of drug-likeness (QED) is 0.411. The van der Waals surface area contributed by atoms with Crippen molar-refractivity contribution in [1.29, 1.82) is 0 Å². The maximum atomic E-state index is 12.7. The van der Waals surface area contributed by atoms with Crippen LogP contribution in [0.5, 0.6) is 5.75 Å². The maximum absolute atomic E-state index is 12.7. The van der Waals surface area contributed by atoms with Crippen molar-refractivity contribution in [3.05, 3.63) is 119 Å². The molecule has 6 heteroatoms. The molecule has 0 bridgehead atoms. The normalized spacial score (nSPS) is 10.8. The molecule has 0 saturated carbocycles. The summed E-state index contributed by atoms with van der Waals surface area (Å²) < 4.78 is 6.66. The van der Waals surface area contributed by atoms with Gasteiger partial charge in [0.05, 0.1) is 19.1 Å². The minimum Gasteiger partial charge on any atom is -0.497 e. The second-order valence-corrected chi connectivity index (χ2v) is 7.96. The summed E-state index contributed by atoms with van der Waals surface area (Å²) in [5.74, 6) is 0.652. The van der Waals surface area contributed by atoms with E-state index in [1.54, 1.807) is 7.11 Å². The zero-order valence-corrected chi connectivity index (χ0v) is 19.1. The van der Waals surface area contributed by atoms with E-state index in [0.29, 0.717) is 25.2 Å². The van der Waals surface area contributed by atoms with Gasteiger partial charge in [0.1, 0.15) is 5.75 Å². The summed E-state index contributed by atoms with van der Waals surface area (Å²) in [5, 5.41) is 2.95. The van der Waals surface area contributed by atoms with E-state index in [1.807, 2.05) is 84.9 Å². The Balaban J connectivity index is 1.37. The van der Waals surface area contributed by atoms with Crippen molar-refractivity contribution in [3.8, 4) is 17.0 Å². The zero-order chi connectivity index (χ0) is 23.8. The van der Waals surface area contributed by atoms with E-state index in [-0.39, 0.29) is 17.4 Å². The van der Waals surface area contributed by atoms with Crippen molar-refractivity contribution >= 4 is 5.91 Å². The van der Waals surface area contributed by atoms with Gasteiger partial charge in [0.15, 0.2) is 0 Å². The number of benzene rings is 3. The fraction of sp³-hybridized carbons (Fsp3) is 0.179. The van der Waals surface area contributed by atoms with Gasteiger partial charge in [0, 0.05) is 37.1 Å². The van der Waals surface area contributed by atoms with Gasteiger partial charge in [-0.15, -0.1) is 0 Å². The Morgan fingerprint density at radius 2 is 1.56 bits per heavy atom. The number of aromatic nitrogens is 2. The third kappa shape index (κ3) is 5.78.